The van der Waals surface area contributed by atoms with E-state index in [1.165, 1.54) is 6.20 Å². The van der Waals surface area contributed by atoms with Gasteiger partial charge in [0, 0.05) is 12.2 Å². The molecule has 0 aliphatic rings. The Kier molecular flexibility index (Phi) is 3.85. The Morgan fingerprint density at radius 2 is 2.43 bits per heavy atom. The van der Waals surface area contributed by atoms with Crippen LogP contribution in [0.5, 0.6) is 0 Å². The molecule has 14 heavy (non-hydrogen) atoms. The third kappa shape index (κ3) is 2.97. The highest BCUT2D eigenvalue weighted by Crippen LogP contribution is 2.05. The number of aliphatic hydroxyl groups is 1. The van der Waals surface area contributed by atoms with Crippen LogP contribution in [-0.2, 0) is 0 Å². The molecule has 1 heterocycles. The number of halogens is 1. The first-order valence-electron chi connectivity index (χ1n) is 4.16. The minimum atomic E-state index is -0.268. The summed E-state index contributed by atoms with van der Waals surface area (Å²) in [5.41, 5.74) is 0.426. The Labute approximate surface area is 86.9 Å². The maximum atomic E-state index is 11.4. The molecule has 1 atom stereocenters. The fourth-order valence-corrected chi connectivity index (χ4v) is 0.975. The molecule has 2 N–H and O–H groups in total. The van der Waals surface area contributed by atoms with E-state index in [1.807, 2.05) is 0 Å². The van der Waals surface area contributed by atoms with Crippen LogP contribution >= 0.6 is 11.6 Å². The Morgan fingerprint density at radius 1 is 1.71 bits per heavy atom. The lowest BCUT2D eigenvalue weighted by molar-refractivity contribution is 0.0922. The van der Waals surface area contributed by atoms with Crippen LogP contribution in [0.25, 0.3) is 0 Å². The predicted octanol–water partition coefficient (Wildman–Crippen LogP) is 0.846. The zero-order valence-electron chi connectivity index (χ0n) is 7.70. The number of aliphatic hydroxyl groups excluding tert-OH is 1. The summed E-state index contributed by atoms with van der Waals surface area (Å²) in [6.45, 7) is 1.62. The second-order valence-electron chi connectivity index (χ2n) is 2.93. The fraction of sp³-hybridized carbons (Fsp3) is 0.333. The smallest absolute Gasteiger partial charge is 0.253 e. The molecule has 76 valence electrons. The first-order valence-corrected chi connectivity index (χ1v) is 4.54. The van der Waals surface area contributed by atoms with Gasteiger partial charge in [-0.25, -0.2) is 4.98 Å². The summed E-state index contributed by atoms with van der Waals surface area (Å²) in [6, 6.07) is 2.85. The van der Waals surface area contributed by atoms with E-state index in [2.05, 4.69) is 10.3 Å². The van der Waals surface area contributed by atoms with Gasteiger partial charge in [0.2, 0.25) is 0 Å². The molecule has 0 aliphatic heterocycles. The molecule has 0 saturated carbocycles. The Bertz CT molecular complexity index is 313. The van der Waals surface area contributed by atoms with Crippen molar-refractivity contribution in [1.82, 2.24) is 10.3 Å². The summed E-state index contributed by atoms with van der Waals surface area (Å²) in [6.07, 6.45) is 1.39. The van der Waals surface area contributed by atoms with Crippen molar-refractivity contribution < 1.29 is 9.90 Å². The highest BCUT2D eigenvalue weighted by atomic mass is 35.5. The maximum Gasteiger partial charge on any atom is 0.253 e. The van der Waals surface area contributed by atoms with Gasteiger partial charge >= 0.3 is 0 Å². The van der Waals surface area contributed by atoms with Gasteiger partial charge in [-0.1, -0.05) is 11.6 Å². The monoisotopic (exact) mass is 214 g/mol. The Hall–Kier alpha value is -1.13. The van der Waals surface area contributed by atoms with Crippen LogP contribution in [0.15, 0.2) is 18.3 Å². The number of nitrogens with one attached hydrogen (secondary N) is 1. The number of carbonyl (C=O) groups excluding carboxylic acids is 1. The predicted molar refractivity (Wildman–Crippen MR) is 53.3 cm³/mol. The second-order valence-corrected chi connectivity index (χ2v) is 3.31. The van der Waals surface area contributed by atoms with E-state index in [0.29, 0.717) is 10.7 Å². The molecular formula is C9H11ClN2O2. The van der Waals surface area contributed by atoms with Crippen molar-refractivity contribution in [1.29, 1.82) is 0 Å². The van der Waals surface area contributed by atoms with Crippen LogP contribution in [0.3, 0.4) is 0 Å². The third-order valence-corrected chi connectivity index (χ3v) is 1.86. The zero-order valence-corrected chi connectivity index (χ0v) is 8.45. The van der Waals surface area contributed by atoms with Gasteiger partial charge in [-0.05, 0) is 19.1 Å². The number of hydrogen-bond donors (Lipinski definition) is 2. The average Bonchev–Trinajstić information content (AvgIpc) is 2.18. The standard InChI is InChI=1S/C9H11ClN2O2/c1-6(5-13)12-9(14)7-2-3-8(10)11-4-7/h2-4,6,13H,5H2,1H3,(H,12,14)/t6-/m1/s1. The lowest BCUT2D eigenvalue weighted by Crippen LogP contribution is -2.34. The summed E-state index contributed by atoms with van der Waals surface area (Å²) in [5.74, 6) is -0.268. The summed E-state index contributed by atoms with van der Waals surface area (Å²) in [7, 11) is 0. The van der Waals surface area contributed by atoms with Gasteiger partial charge in [-0.2, -0.15) is 0 Å². The minimum absolute atomic E-state index is 0.0905. The van der Waals surface area contributed by atoms with E-state index in [4.69, 9.17) is 16.7 Å². The molecule has 0 spiro atoms. The van der Waals surface area contributed by atoms with E-state index in [9.17, 15) is 4.79 Å². The normalized spacial score (nSPS) is 12.2. The molecule has 0 aliphatic carbocycles. The number of amides is 1. The van der Waals surface area contributed by atoms with Crippen molar-refractivity contribution >= 4 is 17.5 Å². The first kappa shape index (κ1) is 10.9. The molecule has 1 aromatic heterocycles. The van der Waals surface area contributed by atoms with Gasteiger partial charge < -0.3 is 10.4 Å². The molecule has 0 saturated heterocycles. The number of nitrogens with zero attached hydrogens (tertiary/aromatic N) is 1. The highest BCUT2D eigenvalue weighted by molar-refractivity contribution is 6.29. The quantitative estimate of drug-likeness (QED) is 0.734. The second kappa shape index (κ2) is 4.93. The topological polar surface area (TPSA) is 62.2 Å². The van der Waals surface area contributed by atoms with Gasteiger partial charge in [-0.15, -0.1) is 0 Å². The van der Waals surface area contributed by atoms with Gasteiger partial charge in [0.25, 0.3) is 5.91 Å². The Morgan fingerprint density at radius 3 is 2.93 bits per heavy atom. The van der Waals surface area contributed by atoms with E-state index in [1.54, 1.807) is 19.1 Å². The summed E-state index contributed by atoms with van der Waals surface area (Å²) >= 11 is 5.57. The molecule has 0 radical (unpaired) electrons. The maximum absolute atomic E-state index is 11.4. The van der Waals surface area contributed by atoms with Crippen molar-refractivity contribution in [3.63, 3.8) is 0 Å². The molecular weight excluding hydrogens is 204 g/mol. The van der Waals surface area contributed by atoms with E-state index < -0.39 is 0 Å². The highest BCUT2D eigenvalue weighted by Gasteiger charge is 2.08. The number of aromatic nitrogens is 1. The molecule has 0 fully saturated rings. The Balaban J connectivity index is 2.65. The number of hydrogen-bond acceptors (Lipinski definition) is 3. The lowest BCUT2D eigenvalue weighted by Gasteiger charge is -2.10. The minimum Gasteiger partial charge on any atom is -0.394 e. The molecule has 0 bridgehead atoms. The van der Waals surface area contributed by atoms with E-state index in [-0.39, 0.29) is 18.6 Å². The van der Waals surface area contributed by atoms with Crippen LogP contribution in [0.4, 0.5) is 0 Å². The molecule has 4 nitrogen and oxygen atoms in total. The summed E-state index contributed by atoms with van der Waals surface area (Å²) in [4.78, 5) is 15.2. The molecule has 0 unspecified atom stereocenters. The van der Waals surface area contributed by atoms with E-state index in [0.717, 1.165) is 0 Å². The largest absolute Gasteiger partial charge is 0.394 e. The van der Waals surface area contributed by atoms with Gasteiger partial charge in [-0.3, -0.25) is 4.79 Å². The molecule has 1 amide bonds. The zero-order chi connectivity index (χ0) is 10.6. The van der Waals surface area contributed by atoms with Gasteiger partial charge in [0.1, 0.15) is 5.15 Å². The summed E-state index contributed by atoms with van der Waals surface area (Å²) in [5, 5.41) is 11.7. The number of carbonyl (C=O) groups is 1. The summed E-state index contributed by atoms with van der Waals surface area (Å²) < 4.78 is 0. The average molecular weight is 215 g/mol. The SMILES string of the molecule is C[C@H](CO)NC(=O)c1ccc(Cl)nc1. The van der Waals surface area contributed by atoms with Gasteiger partial charge in [0.15, 0.2) is 0 Å². The molecule has 1 rings (SSSR count). The van der Waals surface area contributed by atoms with Crippen LogP contribution in [0, 0.1) is 0 Å². The fourth-order valence-electron chi connectivity index (χ4n) is 0.863. The lowest BCUT2D eigenvalue weighted by atomic mass is 10.2. The van der Waals surface area contributed by atoms with E-state index >= 15 is 0 Å². The van der Waals surface area contributed by atoms with Crippen LogP contribution < -0.4 is 5.32 Å². The third-order valence-electron chi connectivity index (χ3n) is 1.64. The van der Waals surface area contributed by atoms with Crippen LogP contribution in [-0.4, -0.2) is 28.6 Å². The number of pyridine rings is 1. The first-order chi connectivity index (χ1) is 6.63. The van der Waals surface area contributed by atoms with Crippen molar-refractivity contribution in [2.24, 2.45) is 0 Å². The molecule has 0 aromatic carbocycles. The molecule has 1 aromatic rings. The van der Waals surface area contributed by atoms with Crippen LogP contribution in [0.1, 0.15) is 17.3 Å². The van der Waals surface area contributed by atoms with Crippen molar-refractivity contribution in [2.75, 3.05) is 6.61 Å². The number of rotatable bonds is 3. The molecule has 5 heteroatoms. The van der Waals surface area contributed by atoms with Gasteiger partial charge in [0.05, 0.1) is 12.2 Å². The van der Waals surface area contributed by atoms with Crippen molar-refractivity contribution in [3.8, 4) is 0 Å². The van der Waals surface area contributed by atoms with Crippen molar-refractivity contribution in [2.45, 2.75) is 13.0 Å². The van der Waals surface area contributed by atoms with Crippen molar-refractivity contribution in [3.05, 3.63) is 29.0 Å². The van der Waals surface area contributed by atoms with Crippen LogP contribution in [0.2, 0.25) is 5.15 Å².